The van der Waals surface area contributed by atoms with Crippen LogP contribution in [-0.4, -0.2) is 94.6 Å². The molecular weight excluding hydrogens is 523 g/mol. The van der Waals surface area contributed by atoms with Gasteiger partial charge in [0.25, 0.3) is 0 Å². The fraction of sp³-hybridized carbons (Fsp3) is 0.591. The molecule has 0 bridgehead atoms. The van der Waals surface area contributed by atoms with Crippen LogP contribution in [-0.2, 0) is 16.0 Å². The maximum absolute atomic E-state index is 12.0. The average molecular weight is 560 g/mol. The van der Waals surface area contributed by atoms with Gasteiger partial charge in [-0.2, -0.15) is 0 Å². The van der Waals surface area contributed by atoms with E-state index in [9.17, 15) is 9.59 Å². The van der Waals surface area contributed by atoms with Gasteiger partial charge in [0.2, 0.25) is 11.8 Å². The number of hydrogen-bond donors (Lipinski definition) is 3. The number of halogens is 1. The molecule has 2 rings (SSSR count). The highest BCUT2D eigenvalue weighted by Gasteiger charge is 2.21. The Labute approximate surface area is 208 Å². The lowest BCUT2D eigenvalue weighted by molar-refractivity contribution is -0.127. The zero-order valence-electron chi connectivity index (χ0n) is 19.5. The Morgan fingerprint density at radius 2 is 1.84 bits per heavy atom. The number of ether oxygens (including phenoxy) is 1. The maximum Gasteiger partial charge on any atom is 0.243 e. The number of likely N-dealkylation sites (N-methyl/N-ethyl adjacent to an activating group) is 2. The zero-order chi connectivity index (χ0) is 22.6. The summed E-state index contributed by atoms with van der Waals surface area (Å²) in [6.45, 7) is 2.92. The van der Waals surface area contributed by atoms with E-state index in [0.29, 0.717) is 19.0 Å². The molecule has 32 heavy (non-hydrogen) atoms. The second-order valence-corrected chi connectivity index (χ2v) is 7.85. The summed E-state index contributed by atoms with van der Waals surface area (Å²) in [5, 5.41) is 9.48. The molecule has 1 aliphatic heterocycles. The lowest BCUT2D eigenvalue weighted by Crippen LogP contribution is -2.50. The van der Waals surface area contributed by atoms with Crippen LogP contribution >= 0.6 is 24.0 Å². The summed E-state index contributed by atoms with van der Waals surface area (Å²) in [4.78, 5) is 31.7. The van der Waals surface area contributed by atoms with Crippen molar-refractivity contribution in [2.75, 3.05) is 61.0 Å². The predicted octanol–water partition coefficient (Wildman–Crippen LogP) is 0.690. The Kier molecular flexibility index (Phi) is 13.0. The van der Waals surface area contributed by atoms with E-state index in [0.717, 1.165) is 38.1 Å². The first kappa shape index (κ1) is 28.0. The second-order valence-electron chi connectivity index (χ2n) is 7.85. The van der Waals surface area contributed by atoms with Crippen molar-refractivity contribution in [3.8, 4) is 5.75 Å². The third-order valence-electron chi connectivity index (χ3n) is 5.31. The van der Waals surface area contributed by atoms with Gasteiger partial charge in [-0.3, -0.25) is 14.5 Å². The number of aliphatic imine (C=N–C) groups is 1. The van der Waals surface area contributed by atoms with Crippen LogP contribution in [0.25, 0.3) is 0 Å². The molecule has 0 spiro atoms. The number of piperidine rings is 1. The number of nitrogens with one attached hydrogen (secondary N) is 3. The summed E-state index contributed by atoms with van der Waals surface area (Å²) >= 11 is 0. The van der Waals surface area contributed by atoms with Gasteiger partial charge in [-0.25, -0.2) is 4.99 Å². The van der Waals surface area contributed by atoms with Gasteiger partial charge in [-0.1, -0.05) is 12.1 Å². The third kappa shape index (κ3) is 10.0. The lowest BCUT2D eigenvalue weighted by Gasteiger charge is -2.32. The van der Waals surface area contributed by atoms with Crippen molar-refractivity contribution in [1.29, 1.82) is 0 Å². The molecule has 0 unspecified atom stereocenters. The number of carbonyl (C=O) groups excluding carboxylic acids is 2. The highest BCUT2D eigenvalue weighted by atomic mass is 127. The van der Waals surface area contributed by atoms with E-state index in [1.54, 1.807) is 28.3 Å². The van der Waals surface area contributed by atoms with Crippen molar-refractivity contribution in [3.05, 3.63) is 29.8 Å². The van der Waals surface area contributed by atoms with Gasteiger partial charge in [0, 0.05) is 46.8 Å². The van der Waals surface area contributed by atoms with Crippen LogP contribution in [0.15, 0.2) is 29.3 Å². The summed E-state index contributed by atoms with van der Waals surface area (Å²) in [5.74, 6) is 1.48. The summed E-state index contributed by atoms with van der Waals surface area (Å²) in [6, 6.07) is 8.24. The Bertz CT molecular complexity index is 734. The monoisotopic (exact) mass is 560 g/mol. The molecule has 1 saturated heterocycles. The smallest absolute Gasteiger partial charge is 0.243 e. The second kappa shape index (κ2) is 14.9. The summed E-state index contributed by atoms with van der Waals surface area (Å²) in [6.07, 6.45) is 2.66. The molecule has 1 fully saturated rings. The van der Waals surface area contributed by atoms with Crippen molar-refractivity contribution in [1.82, 2.24) is 25.8 Å². The molecule has 2 amide bonds. The number of carbonyl (C=O) groups is 2. The fourth-order valence-corrected chi connectivity index (χ4v) is 3.27. The first-order chi connectivity index (χ1) is 14.9. The maximum atomic E-state index is 12.0. The molecule has 0 saturated carbocycles. The van der Waals surface area contributed by atoms with E-state index < -0.39 is 0 Å². The van der Waals surface area contributed by atoms with Crippen molar-refractivity contribution in [3.63, 3.8) is 0 Å². The number of guanidine groups is 1. The molecule has 0 aliphatic carbocycles. The number of likely N-dealkylation sites (tertiary alicyclic amines) is 1. The molecule has 0 aromatic heterocycles. The topological polar surface area (TPSA) is 98.3 Å². The minimum absolute atomic E-state index is 0. The largest absolute Gasteiger partial charge is 0.497 e. The van der Waals surface area contributed by atoms with Crippen molar-refractivity contribution < 1.29 is 14.3 Å². The molecule has 1 heterocycles. The van der Waals surface area contributed by atoms with E-state index in [2.05, 4.69) is 25.8 Å². The lowest BCUT2D eigenvalue weighted by atomic mass is 10.1. The third-order valence-corrected chi connectivity index (χ3v) is 5.31. The number of benzene rings is 1. The van der Waals surface area contributed by atoms with Crippen LogP contribution in [0, 0.1) is 0 Å². The molecule has 10 heteroatoms. The Hall–Kier alpha value is -2.08. The van der Waals surface area contributed by atoms with Gasteiger partial charge in [-0.15, -0.1) is 24.0 Å². The summed E-state index contributed by atoms with van der Waals surface area (Å²) < 4.78 is 5.20. The number of rotatable bonds is 9. The molecular formula is C22H37IN6O3. The highest BCUT2D eigenvalue weighted by molar-refractivity contribution is 14.0. The van der Waals surface area contributed by atoms with Gasteiger partial charge in [0.1, 0.15) is 12.3 Å². The van der Waals surface area contributed by atoms with E-state index in [-0.39, 0.29) is 48.4 Å². The Morgan fingerprint density at radius 1 is 1.19 bits per heavy atom. The van der Waals surface area contributed by atoms with E-state index in [4.69, 9.17) is 4.74 Å². The average Bonchev–Trinajstić information content (AvgIpc) is 2.78. The van der Waals surface area contributed by atoms with E-state index in [1.165, 1.54) is 10.5 Å². The number of nitrogens with zero attached hydrogens (tertiary/aromatic N) is 3. The zero-order valence-corrected chi connectivity index (χ0v) is 21.8. The van der Waals surface area contributed by atoms with Crippen LogP contribution in [0.3, 0.4) is 0 Å². The minimum Gasteiger partial charge on any atom is -0.497 e. The number of hydrogen-bond acceptors (Lipinski definition) is 5. The highest BCUT2D eigenvalue weighted by Crippen LogP contribution is 2.12. The summed E-state index contributed by atoms with van der Waals surface area (Å²) in [5.41, 5.74) is 1.19. The summed E-state index contributed by atoms with van der Waals surface area (Å²) in [7, 11) is 6.77. The van der Waals surface area contributed by atoms with Crippen LogP contribution in [0.5, 0.6) is 5.75 Å². The van der Waals surface area contributed by atoms with Gasteiger partial charge >= 0.3 is 0 Å². The molecule has 0 atom stereocenters. The minimum atomic E-state index is -0.0448. The van der Waals surface area contributed by atoms with Crippen LogP contribution in [0.2, 0.25) is 0 Å². The molecule has 1 aromatic rings. The molecule has 0 radical (unpaired) electrons. The Balaban J connectivity index is 0.00000512. The normalized spacial score (nSPS) is 14.8. The molecule has 180 valence electrons. The van der Waals surface area contributed by atoms with Crippen LogP contribution < -0.4 is 20.7 Å². The first-order valence-corrected chi connectivity index (χ1v) is 10.7. The van der Waals surface area contributed by atoms with E-state index in [1.807, 2.05) is 24.3 Å². The quantitative estimate of drug-likeness (QED) is 0.234. The van der Waals surface area contributed by atoms with Crippen molar-refractivity contribution >= 4 is 41.8 Å². The fourth-order valence-electron chi connectivity index (χ4n) is 3.27. The number of methoxy groups -OCH3 is 1. The molecule has 3 N–H and O–H groups in total. The number of amides is 2. The van der Waals surface area contributed by atoms with Gasteiger partial charge in [-0.05, 0) is 37.0 Å². The Morgan fingerprint density at radius 3 is 2.41 bits per heavy atom. The van der Waals surface area contributed by atoms with Crippen LogP contribution in [0.4, 0.5) is 0 Å². The van der Waals surface area contributed by atoms with Gasteiger partial charge < -0.3 is 25.6 Å². The van der Waals surface area contributed by atoms with Crippen molar-refractivity contribution in [2.24, 2.45) is 4.99 Å². The molecule has 9 nitrogen and oxygen atoms in total. The van der Waals surface area contributed by atoms with Gasteiger partial charge in [0.15, 0.2) is 5.96 Å². The standard InChI is InChI=1S/C22H36N6O3.HI/c1-23-20(29)16-28-13-10-18(11-14-28)26-22(25-15-21(30)27(2)3)24-12-9-17-5-7-19(31-4)8-6-17;/h5-8,18H,9-16H2,1-4H3,(H,23,29)(H2,24,25,26);1H. The molecule has 1 aliphatic rings. The molecule has 1 aromatic carbocycles. The van der Waals surface area contributed by atoms with E-state index >= 15 is 0 Å². The predicted molar refractivity (Wildman–Crippen MR) is 138 cm³/mol. The van der Waals surface area contributed by atoms with Crippen LogP contribution in [0.1, 0.15) is 18.4 Å². The SMILES string of the molecule is CNC(=O)CN1CCC(NC(=NCC(=O)N(C)C)NCCc2ccc(OC)cc2)CC1.I. The van der Waals surface area contributed by atoms with Crippen molar-refractivity contribution in [2.45, 2.75) is 25.3 Å². The first-order valence-electron chi connectivity index (χ1n) is 10.7. The van der Waals surface area contributed by atoms with Gasteiger partial charge in [0.05, 0.1) is 13.7 Å².